The van der Waals surface area contributed by atoms with Crippen molar-refractivity contribution < 1.29 is 95.5 Å². The summed E-state index contributed by atoms with van der Waals surface area (Å²) in [6.07, 6.45) is -5.14. The third-order valence-electron chi connectivity index (χ3n) is 8.11. The molecule has 0 saturated carbocycles. The summed E-state index contributed by atoms with van der Waals surface area (Å²) in [5.74, 6) is -2.67. The van der Waals surface area contributed by atoms with Crippen molar-refractivity contribution in [3.8, 4) is 0 Å². The number of hydrogen-bond acceptors (Lipinski definition) is 20. The van der Waals surface area contributed by atoms with Gasteiger partial charge in [0.2, 0.25) is 11.8 Å². The molecule has 3 heterocycles. The van der Waals surface area contributed by atoms with Crippen molar-refractivity contribution >= 4 is 75.1 Å². The van der Waals surface area contributed by atoms with Crippen molar-refractivity contribution in [2.45, 2.75) is 76.3 Å². The fraction of sp³-hybridized carbons (Fsp3) is 0.621. The van der Waals surface area contributed by atoms with Crippen LogP contribution in [0.2, 0.25) is 0 Å². The summed E-state index contributed by atoms with van der Waals surface area (Å²) in [6, 6.07) is 0. The van der Waals surface area contributed by atoms with Crippen LogP contribution in [0.25, 0.3) is 11.2 Å². The number of aliphatic carboxylic acids is 1. The second kappa shape index (κ2) is 22.2. The van der Waals surface area contributed by atoms with Crippen LogP contribution in [0.4, 0.5) is 5.82 Å². The zero-order valence-corrected chi connectivity index (χ0v) is 35.2. The van der Waals surface area contributed by atoms with Crippen LogP contribution in [0.15, 0.2) is 24.8 Å². The minimum absolute atomic E-state index is 0.00498. The Hall–Kier alpha value is -3.27. The predicted octanol–water partition coefficient (Wildman–Crippen LogP) is -1.16. The van der Waals surface area contributed by atoms with E-state index in [0.29, 0.717) is 0 Å². The number of carboxylic acids is 1. The van der Waals surface area contributed by atoms with Crippen LogP contribution >= 0.6 is 35.2 Å². The van der Waals surface area contributed by atoms with Gasteiger partial charge in [-0.15, -0.1) is 0 Å². The first kappa shape index (κ1) is 51.1. The van der Waals surface area contributed by atoms with Gasteiger partial charge < -0.3 is 61.1 Å². The Kier molecular flexibility index (Phi) is 18.9. The van der Waals surface area contributed by atoms with Gasteiger partial charge in [-0.05, 0) is 12.8 Å². The maximum atomic E-state index is 12.7. The van der Waals surface area contributed by atoms with Gasteiger partial charge in [-0.25, -0.2) is 33.4 Å². The number of thioether (sulfide) groups is 1. The van der Waals surface area contributed by atoms with Crippen LogP contribution in [-0.2, 0) is 55.5 Å². The number of allylic oxidation sites excluding steroid dienone is 2. The number of aliphatic hydroxyl groups is 3. The molecule has 1 aliphatic rings. The van der Waals surface area contributed by atoms with Gasteiger partial charge in [0.15, 0.2) is 28.9 Å². The second-order valence-corrected chi connectivity index (χ2v) is 18.8. The second-order valence-electron chi connectivity index (χ2n) is 13.4. The Morgan fingerprint density at radius 3 is 2.38 bits per heavy atom. The lowest BCUT2D eigenvalue weighted by Gasteiger charge is -2.30. The number of phosphoric ester groups is 3. The minimum Gasteiger partial charge on any atom is -0.479 e. The van der Waals surface area contributed by atoms with Crippen LogP contribution < -0.4 is 16.4 Å². The lowest BCUT2D eigenvalue weighted by Crippen LogP contribution is -2.46. The van der Waals surface area contributed by atoms with Crippen molar-refractivity contribution in [3.05, 3.63) is 24.8 Å². The molecule has 338 valence electrons. The molecule has 1 aliphatic heterocycles. The molecule has 0 spiro atoms. The van der Waals surface area contributed by atoms with Gasteiger partial charge in [0, 0.05) is 37.1 Å². The molecule has 8 atom stereocenters. The molecule has 1 saturated heterocycles. The van der Waals surface area contributed by atoms with E-state index in [-0.39, 0.29) is 66.6 Å². The Balaban J connectivity index is 1.42. The third kappa shape index (κ3) is 16.2. The number of rotatable bonds is 25. The molecular weight excluding hydrogens is 891 g/mol. The number of aliphatic hydroxyl groups excluding tert-OH is 3. The Bertz CT molecular complexity index is 2000. The highest BCUT2D eigenvalue weighted by Crippen LogP contribution is 2.61. The number of ether oxygens (including phenoxy) is 1. The van der Waals surface area contributed by atoms with Gasteiger partial charge in [-0.2, -0.15) is 4.31 Å². The molecule has 2 aromatic rings. The highest BCUT2D eigenvalue weighted by Gasteiger charge is 2.50. The third-order valence-corrected chi connectivity index (χ3v) is 12.1. The first-order chi connectivity index (χ1) is 27.8. The van der Waals surface area contributed by atoms with Crippen LogP contribution in [-0.4, -0.2) is 145 Å². The number of carboxylic acid groups (broad SMARTS) is 1. The highest BCUT2D eigenvalue weighted by atomic mass is 32.2. The zero-order chi connectivity index (χ0) is 45.1. The van der Waals surface area contributed by atoms with E-state index in [1.807, 2.05) is 0 Å². The Labute approximate surface area is 344 Å². The summed E-state index contributed by atoms with van der Waals surface area (Å²) in [5.41, 5.74) is 4.20. The van der Waals surface area contributed by atoms with Crippen LogP contribution in [0.5, 0.6) is 0 Å². The molecule has 12 N–H and O–H groups in total. The number of carbonyl (C=O) groups is 4. The molecule has 0 aliphatic carbocycles. The summed E-state index contributed by atoms with van der Waals surface area (Å²) in [6.45, 7) is 0.245. The molecule has 60 heavy (non-hydrogen) atoms. The summed E-state index contributed by atoms with van der Waals surface area (Å²) >= 11 is 0.945. The van der Waals surface area contributed by atoms with E-state index in [9.17, 15) is 67.8 Å². The van der Waals surface area contributed by atoms with Gasteiger partial charge >= 0.3 is 29.4 Å². The summed E-state index contributed by atoms with van der Waals surface area (Å²) in [4.78, 5) is 98.1. The molecule has 31 heteroatoms. The van der Waals surface area contributed by atoms with Crippen LogP contribution in [0.1, 0.15) is 45.8 Å². The Morgan fingerprint density at radius 2 is 1.72 bits per heavy atom. The number of imidazole rings is 1. The van der Waals surface area contributed by atoms with Crippen molar-refractivity contribution in [2.75, 3.05) is 37.8 Å². The number of nitrogens with zero attached hydrogens (tertiary/aromatic N) is 4. The topological polar surface area (TPSA) is 421 Å². The number of fused-ring (bicyclic) bond motifs is 1. The number of nitrogens with one attached hydrogen (secondary N) is 2. The maximum Gasteiger partial charge on any atom is 0.481 e. The largest absolute Gasteiger partial charge is 0.481 e. The van der Waals surface area contributed by atoms with E-state index in [1.54, 1.807) is 6.08 Å². The van der Waals surface area contributed by atoms with Crippen molar-refractivity contribution in [3.63, 3.8) is 0 Å². The number of amides is 2. The monoisotopic (exact) mass is 937 g/mol. The first-order valence-corrected chi connectivity index (χ1v) is 22.9. The lowest BCUT2D eigenvalue weighted by molar-refractivity contribution is -0.146. The van der Waals surface area contributed by atoms with Crippen LogP contribution in [0.3, 0.4) is 0 Å². The van der Waals surface area contributed by atoms with Gasteiger partial charge in [-0.3, -0.25) is 32.5 Å². The van der Waals surface area contributed by atoms with Gasteiger partial charge in [0.05, 0.1) is 19.5 Å². The molecule has 8 unspecified atom stereocenters. The fourth-order valence-corrected chi connectivity index (χ4v) is 8.50. The lowest BCUT2D eigenvalue weighted by atomic mass is 9.87. The number of anilines is 1. The quantitative estimate of drug-likeness (QED) is 0.0318. The molecule has 27 nitrogen and oxygen atoms in total. The Morgan fingerprint density at radius 1 is 1.03 bits per heavy atom. The van der Waals surface area contributed by atoms with E-state index < -0.39 is 96.6 Å². The standard InChI is InChI=1S/C29H46N7O20P3S/c1-29(2,23(41)26(42)32-9-8-18(38)31-10-11-60-19(39)7-5-3-4-6-16(37)28(43)44)13-53-59(50,51)56-58(48,49)52-12-17-22(55-57(45,46)47)21(40)27(54-17)36-15-35-20-24(30)33-14-34-25(20)36/h3,5,14-17,21-23,27,37,40-41H,4,6-13H2,1-2H3,(H,31,38)(H,32,42)(H,43,44)(H,48,49)(H,50,51)(H2,30,33,34)(H2,45,46,47)/b5-3+. The average molecular weight is 938 g/mol. The van der Waals surface area contributed by atoms with Gasteiger partial charge in [-0.1, -0.05) is 37.8 Å². The van der Waals surface area contributed by atoms with Crippen molar-refractivity contribution in [1.29, 1.82) is 0 Å². The van der Waals surface area contributed by atoms with Gasteiger partial charge in [0.1, 0.15) is 36.3 Å². The number of hydrogen-bond donors (Lipinski definition) is 11. The molecule has 1 fully saturated rings. The summed E-state index contributed by atoms with van der Waals surface area (Å²) in [5, 5.41) is 43.9. The zero-order valence-electron chi connectivity index (χ0n) is 31.7. The smallest absolute Gasteiger partial charge is 0.479 e. The summed E-state index contributed by atoms with van der Waals surface area (Å²) in [7, 11) is -16.5. The molecule has 0 radical (unpaired) electrons. The van der Waals surface area contributed by atoms with E-state index in [2.05, 4.69) is 34.4 Å². The van der Waals surface area contributed by atoms with Gasteiger partial charge in [0.25, 0.3) is 0 Å². The number of nitrogens with two attached hydrogens (primary N) is 1. The molecule has 2 amide bonds. The molecule has 3 rings (SSSR count). The molecule has 2 aromatic heterocycles. The molecule has 0 aromatic carbocycles. The fourth-order valence-electron chi connectivity index (χ4n) is 5.03. The maximum absolute atomic E-state index is 12.7. The average Bonchev–Trinajstić information content (AvgIpc) is 3.71. The molecule has 0 bridgehead atoms. The van der Waals surface area contributed by atoms with Crippen molar-refractivity contribution in [1.82, 2.24) is 30.2 Å². The minimum atomic E-state index is -5.59. The van der Waals surface area contributed by atoms with Crippen molar-refractivity contribution in [2.24, 2.45) is 5.41 Å². The number of phosphoric acid groups is 3. The van der Waals surface area contributed by atoms with Crippen LogP contribution in [0, 0.1) is 5.41 Å². The first-order valence-electron chi connectivity index (χ1n) is 17.4. The SMILES string of the molecule is CC(C)(COP(=O)(O)OP(=O)(O)OCC1OC(n2cnc3c(N)ncnc32)C(O)C1OP(=O)(O)O)C(O)C(=O)NCCC(=O)NCCSC(=O)C/C=C/CCC(O)C(=O)O. The predicted molar refractivity (Wildman–Crippen MR) is 204 cm³/mol. The van der Waals surface area contributed by atoms with E-state index >= 15 is 0 Å². The molecular formula is C29H46N7O20P3S. The highest BCUT2D eigenvalue weighted by molar-refractivity contribution is 8.13. The number of aromatic nitrogens is 4. The normalized spacial score (nSPS) is 21.6. The van der Waals surface area contributed by atoms with E-state index in [0.717, 1.165) is 29.0 Å². The van der Waals surface area contributed by atoms with E-state index in [4.69, 9.17) is 24.6 Å². The van der Waals surface area contributed by atoms with E-state index in [1.165, 1.54) is 19.9 Å². The summed E-state index contributed by atoms with van der Waals surface area (Å²) < 4.78 is 62.1. The number of nitrogen functional groups attached to an aromatic ring is 1. The number of carbonyl (C=O) groups excluding carboxylic acids is 3.